The molecule has 1 aliphatic heterocycles. The number of carbonyl (C=O) groups is 1. The molecular formula is C33H26N2O5S. The van der Waals surface area contributed by atoms with E-state index >= 15 is 0 Å². The largest absolute Gasteiger partial charge is 0.507 e. The van der Waals surface area contributed by atoms with Crippen molar-refractivity contribution in [3.8, 4) is 11.5 Å². The smallest absolute Gasteiger partial charge is 0.338 e. The van der Waals surface area contributed by atoms with Crippen LogP contribution in [0.2, 0.25) is 0 Å². The van der Waals surface area contributed by atoms with E-state index in [1.165, 1.54) is 11.3 Å². The van der Waals surface area contributed by atoms with Gasteiger partial charge in [0.25, 0.3) is 5.56 Å². The highest BCUT2D eigenvalue weighted by molar-refractivity contribution is 7.07. The summed E-state index contributed by atoms with van der Waals surface area (Å²) in [7, 11) is 1.57. The van der Waals surface area contributed by atoms with Gasteiger partial charge in [-0.2, -0.15) is 0 Å². The number of esters is 1. The van der Waals surface area contributed by atoms with Crippen LogP contribution in [0.1, 0.15) is 29.7 Å². The maximum absolute atomic E-state index is 14.2. The molecule has 4 aromatic carbocycles. The number of aromatic nitrogens is 1. The minimum absolute atomic E-state index is 0.0581. The summed E-state index contributed by atoms with van der Waals surface area (Å²) in [5, 5.41) is 12.2. The molecule has 2 heterocycles. The van der Waals surface area contributed by atoms with E-state index < -0.39 is 12.0 Å². The van der Waals surface area contributed by atoms with E-state index in [2.05, 4.69) is 0 Å². The maximum Gasteiger partial charge on any atom is 0.338 e. The number of benzene rings is 4. The van der Waals surface area contributed by atoms with Crippen LogP contribution in [0.25, 0.3) is 22.5 Å². The van der Waals surface area contributed by atoms with Gasteiger partial charge in [-0.15, -0.1) is 0 Å². The van der Waals surface area contributed by atoms with Gasteiger partial charge in [-0.1, -0.05) is 90.2 Å². The molecule has 5 aromatic rings. The monoisotopic (exact) mass is 562 g/mol. The third-order valence-electron chi connectivity index (χ3n) is 7.02. The van der Waals surface area contributed by atoms with E-state index in [0.717, 1.165) is 16.3 Å². The first-order valence-corrected chi connectivity index (χ1v) is 14.0. The molecule has 0 amide bonds. The van der Waals surface area contributed by atoms with Crippen LogP contribution in [0.3, 0.4) is 0 Å². The Kier molecular flexibility index (Phi) is 6.99. The van der Waals surface area contributed by atoms with Crippen molar-refractivity contribution in [1.82, 2.24) is 4.57 Å². The quantitative estimate of drug-likeness (QED) is 0.300. The summed E-state index contributed by atoms with van der Waals surface area (Å²) in [5.74, 6) is 0.0213. The van der Waals surface area contributed by atoms with Crippen molar-refractivity contribution in [3.63, 3.8) is 0 Å². The number of ether oxygens (including phenoxy) is 2. The Hall–Kier alpha value is -4.95. The first-order valence-electron chi connectivity index (χ1n) is 13.1. The summed E-state index contributed by atoms with van der Waals surface area (Å²) in [6.07, 6.45) is 1.65. The lowest BCUT2D eigenvalue weighted by Crippen LogP contribution is -2.40. The van der Waals surface area contributed by atoms with E-state index in [-0.39, 0.29) is 23.5 Å². The fourth-order valence-corrected chi connectivity index (χ4v) is 6.19. The van der Waals surface area contributed by atoms with E-state index in [0.29, 0.717) is 31.9 Å². The van der Waals surface area contributed by atoms with Crippen molar-refractivity contribution in [2.24, 2.45) is 4.99 Å². The lowest BCUT2D eigenvalue weighted by atomic mass is 9.89. The Morgan fingerprint density at radius 1 is 1.00 bits per heavy atom. The van der Waals surface area contributed by atoms with Gasteiger partial charge >= 0.3 is 5.97 Å². The number of para-hydroxylation sites is 1. The molecule has 41 heavy (non-hydrogen) atoms. The average molecular weight is 563 g/mol. The van der Waals surface area contributed by atoms with Crippen molar-refractivity contribution in [2.45, 2.75) is 13.0 Å². The number of aromatic hydroxyl groups is 1. The average Bonchev–Trinajstić information content (AvgIpc) is 3.31. The maximum atomic E-state index is 14.2. The number of hydrogen-bond acceptors (Lipinski definition) is 7. The minimum atomic E-state index is -0.895. The van der Waals surface area contributed by atoms with Crippen LogP contribution in [-0.4, -0.2) is 29.4 Å². The molecule has 0 saturated heterocycles. The van der Waals surface area contributed by atoms with Crippen molar-refractivity contribution < 1.29 is 19.4 Å². The molecule has 0 aliphatic carbocycles. The summed E-state index contributed by atoms with van der Waals surface area (Å²) in [4.78, 5) is 33.3. The summed E-state index contributed by atoms with van der Waals surface area (Å²) in [6.45, 7) is 1.90. The second-order valence-corrected chi connectivity index (χ2v) is 10.4. The highest BCUT2D eigenvalue weighted by atomic mass is 32.1. The van der Waals surface area contributed by atoms with Crippen LogP contribution in [0, 0.1) is 0 Å². The van der Waals surface area contributed by atoms with Crippen molar-refractivity contribution in [1.29, 1.82) is 0 Å². The topological polar surface area (TPSA) is 90.1 Å². The van der Waals surface area contributed by atoms with Gasteiger partial charge in [0, 0.05) is 16.7 Å². The van der Waals surface area contributed by atoms with Gasteiger partial charge in [-0.25, -0.2) is 9.79 Å². The van der Waals surface area contributed by atoms with E-state index in [1.807, 2.05) is 66.7 Å². The number of phenols is 1. The van der Waals surface area contributed by atoms with Crippen molar-refractivity contribution >= 4 is 39.9 Å². The van der Waals surface area contributed by atoms with Crippen LogP contribution < -0.4 is 19.6 Å². The molecule has 1 aliphatic rings. The zero-order valence-corrected chi connectivity index (χ0v) is 23.2. The van der Waals surface area contributed by atoms with Crippen LogP contribution in [0.5, 0.6) is 11.5 Å². The molecule has 8 heteroatoms. The first-order chi connectivity index (χ1) is 20.0. The molecule has 0 unspecified atom stereocenters. The summed E-state index contributed by atoms with van der Waals surface area (Å²) in [6, 6.07) is 26.9. The predicted octanol–water partition coefficient (Wildman–Crippen LogP) is 4.80. The third kappa shape index (κ3) is 4.62. The molecule has 0 radical (unpaired) electrons. The standard InChI is InChI=1S/C33H26N2O5S/c1-3-40-32(38)28-29(21-12-5-4-6-13-21)34-33-35(31(37)26(41-33)19-22-14-8-10-16-24(22)36)30(28)27-23-15-9-7-11-20(23)17-18-25(27)39-2/h4-19,30,36H,3H2,1-2H3/t30-/m1/s1. The molecule has 0 fully saturated rings. The van der Waals surface area contributed by atoms with Gasteiger partial charge in [0.15, 0.2) is 4.80 Å². The fourth-order valence-electron chi connectivity index (χ4n) is 5.20. The Labute approximate surface area is 239 Å². The number of nitrogens with zero attached hydrogens (tertiary/aromatic N) is 2. The SMILES string of the molecule is CCOC(=O)C1=C(c2ccccc2)N=c2sc(=Cc3ccccc3O)c(=O)n2[C@@H]1c1c(OC)ccc2ccccc12. The van der Waals surface area contributed by atoms with E-state index in [9.17, 15) is 14.7 Å². The fraction of sp³-hybridized carbons (Fsp3) is 0.121. The highest BCUT2D eigenvalue weighted by Gasteiger charge is 2.37. The van der Waals surface area contributed by atoms with Crippen LogP contribution in [0.4, 0.5) is 0 Å². The van der Waals surface area contributed by atoms with Gasteiger partial charge in [0.2, 0.25) is 0 Å². The Bertz CT molecular complexity index is 2010. The summed E-state index contributed by atoms with van der Waals surface area (Å²) in [5.41, 5.74) is 2.22. The van der Waals surface area contributed by atoms with Crippen LogP contribution >= 0.6 is 11.3 Å². The molecule has 1 N–H and O–H groups in total. The number of rotatable bonds is 6. The number of thiazole rings is 1. The number of carbonyl (C=O) groups excluding carboxylic acids is 1. The molecule has 0 spiro atoms. The molecule has 1 aromatic heterocycles. The lowest BCUT2D eigenvalue weighted by Gasteiger charge is -2.28. The van der Waals surface area contributed by atoms with Gasteiger partial charge in [0.05, 0.1) is 29.5 Å². The minimum Gasteiger partial charge on any atom is -0.507 e. The summed E-state index contributed by atoms with van der Waals surface area (Å²) < 4.78 is 13.4. The summed E-state index contributed by atoms with van der Waals surface area (Å²) >= 11 is 1.20. The molecule has 7 nitrogen and oxygen atoms in total. The van der Waals surface area contributed by atoms with E-state index in [1.54, 1.807) is 48.9 Å². The van der Waals surface area contributed by atoms with Gasteiger partial charge in [-0.3, -0.25) is 9.36 Å². The Balaban J connectivity index is 1.76. The van der Waals surface area contributed by atoms with Gasteiger partial charge < -0.3 is 14.6 Å². The van der Waals surface area contributed by atoms with Crippen LogP contribution in [0.15, 0.2) is 106 Å². The molecule has 0 saturated carbocycles. The molecule has 6 rings (SSSR count). The Morgan fingerprint density at radius 3 is 2.49 bits per heavy atom. The molecule has 0 bridgehead atoms. The molecule has 204 valence electrons. The second kappa shape index (κ2) is 10.9. The first kappa shape index (κ1) is 26.3. The Morgan fingerprint density at radius 2 is 1.73 bits per heavy atom. The van der Waals surface area contributed by atoms with E-state index in [4.69, 9.17) is 14.5 Å². The van der Waals surface area contributed by atoms with Crippen molar-refractivity contribution in [3.05, 3.63) is 133 Å². The normalized spacial score (nSPS) is 15.0. The zero-order chi connectivity index (χ0) is 28.5. The third-order valence-corrected chi connectivity index (χ3v) is 8.00. The predicted molar refractivity (Wildman–Crippen MR) is 160 cm³/mol. The lowest BCUT2D eigenvalue weighted by molar-refractivity contribution is -0.138. The van der Waals surface area contributed by atoms with Crippen molar-refractivity contribution in [2.75, 3.05) is 13.7 Å². The van der Waals surface area contributed by atoms with Crippen LogP contribution in [-0.2, 0) is 9.53 Å². The molecular weight excluding hydrogens is 536 g/mol. The molecule has 1 atom stereocenters. The zero-order valence-electron chi connectivity index (χ0n) is 22.4. The number of fused-ring (bicyclic) bond motifs is 2. The number of phenolic OH excluding ortho intramolecular Hbond substituents is 1. The van der Waals surface area contributed by atoms with Gasteiger partial charge in [-0.05, 0) is 35.9 Å². The van der Waals surface area contributed by atoms with Gasteiger partial charge in [0.1, 0.15) is 17.5 Å². The highest BCUT2D eigenvalue weighted by Crippen LogP contribution is 2.42. The number of hydrogen-bond donors (Lipinski definition) is 1. The number of methoxy groups -OCH3 is 1. The second-order valence-electron chi connectivity index (χ2n) is 9.39.